The molecule has 1 saturated carbocycles. The van der Waals surface area contributed by atoms with Crippen molar-refractivity contribution in [1.29, 1.82) is 0 Å². The standard InChI is InChI=1S/C15H20N6O3/c22-12(4-3-10-14(23)18-15(24)16-10)20-6-5-11-17-13(9-1-2-9)19-21(11)8-7-20/h9-10H,1-8H2,(H2,16,18,23,24)/t10-/m0/s1. The van der Waals surface area contributed by atoms with Gasteiger partial charge < -0.3 is 10.2 Å². The largest absolute Gasteiger partial charge is 0.340 e. The lowest BCUT2D eigenvalue weighted by Crippen LogP contribution is -2.36. The summed E-state index contributed by atoms with van der Waals surface area (Å²) in [7, 11) is 0. The third kappa shape index (κ3) is 2.98. The van der Waals surface area contributed by atoms with E-state index >= 15 is 0 Å². The van der Waals surface area contributed by atoms with Crippen LogP contribution in [0.4, 0.5) is 4.79 Å². The molecule has 0 bridgehead atoms. The van der Waals surface area contributed by atoms with Crippen LogP contribution in [0.3, 0.4) is 0 Å². The fraction of sp³-hybridized carbons (Fsp3) is 0.667. The fourth-order valence-corrected chi connectivity index (χ4v) is 3.17. The van der Waals surface area contributed by atoms with Crippen LogP contribution in [0.15, 0.2) is 0 Å². The van der Waals surface area contributed by atoms with Crippen LogP contribution >= 0.6 is 0 Å². The van der Waals surface area contributed by atoms with Crippen molar-refractivity contribution in [1.82, 2.24) is 30.3 Å². The number of rotatable bonds is 4. The molecule has 0 spiro atoms. The van der Waals surface area contributed by atoms with Gasteiger partial charge in [0.25, 0.3) is 5.91 Å². The lowest BCUT2D eigenvalue weighted by atomic mass is 10.1. The van der Waals surface area contributed by atoms with E-state index in [-0.39, 0.29) is 18.2 Å². The van der Waals surface area contributed by atoms with E-state index in [0.29, 0.717) is 38.4 Å². The number of nitrogens with zero attached hydrogens (tertiary/aromatic N) is 4. The molecule has 2 N–H and O–H groups in total. The molecule has 0 radical (unpaired) electrons. The molecule has 9 heteroatoms. The minimum absolute atomic E-state index is 0.00267. The minimum atomic E-state index is -0.605. The molecule has 3 aliphatic rings. The van der Waals surface area contributed by atoms with Gasteiger partial charge in [0.2, 0.25) is 5.91 Å². The van der Waals surface area contributed by atoms with Gasteiger partial charge in [-0.3, -0.25) is 14.9 Å². The maximum atomic E-state index is 12.4. The minimum Gasteiger partial charge on any atom is -0.340 e. The molecule has 1 aromatic heterocycles. The van der Waals surface area contributed by atoms with E-state index in [1.54, 1.807) is 4.90 Å². The molecular weight excluding hydrogens is 312 g/mol. The molecule has 128 valence electrons. The lowest BCUT2D eigenvalue weighted by Gasteiger charge is -2.20. The van der Waals surface area contributed by atoms with Crippen molar-refractivity contribution in [3.8, 4) is 0 Å². The van der Waals surface area contributed by atoms with Gasteiger partial charge >= 0.3 is 6.03 Å². The highest BCUT2D eigenvalue weighted by Gasteiger charge is 2.32. The van der Waals surface area contributed by atoms with Crippen molar-refractivity contribution in [3.63, 3.8) is 0 Å². The molecule has 0 aromatic carbocycles. The van der Waals surface area contributed by atoms with Crippen LogP contribution in [-0.2, 0) is 22.6 Å². The molecule has 4 amide bonds. The molecule has 1 atom stereocenters. The summed E-state index contributed by atoms with van der Waals surface area (Å²) in [4.78, 5) is 41.4. The van der Waals surface area contributed by atoms with Crippen molar-refractivity contribution in [2.45, 2.75) is 50.6 Å². The van der Waals surface area contributed by atoms with Gasteiger partial charge in [-0.05, 0) is 19.3 Å². The Hall–Kier alpha value is -2.45. The Bertz CT molecular complexity index is 670. The number of carbonyl (C=O) groups is 3. The van der Waals surface area contributed by atoms with Gasteiger partial charge in [-0.1, -0.05) is 0 Å². The van der Waals surface area contributed by atoms with Gasteiger partial charge in [-0.25, -0.2) is 14.5 Å². The van der Waals surface area contributed by atoms with Gasteiger partial charge in [-0.15, -0.1) is 0 Å². The first-order chi connectivity index (χ1) is 11.6. The van der Waals surface area contributed by atoms with Crippen LogP contribution in [0.1, 0.15) is 43.3 Å². The van der Waals surface area contributed by atoms with E-state index in [1.165, 1.54) is 12.8 Å². The number of aromatic nitrogens is 3. The van der Waals surface area contributed by atoms with Gasteiger partial charge in [0.15, 0.2) is 5.82 Å². The monoisotopic (exact) mass is 332 g/mol. The lowest BCUT2D eigenvalue weighted by molar-refractivity contribution is -0.131. The fourth-order valence-electron chi connectivity index (χ4n) is 3.17. The van der Waals surface area contributed by atoms with E-state index in [0.717, 1.165) is 11.6 Å². The number of hydrogen-bond acceptors (Lipinski definition) is 5. The van der Waals surface area contributed by atoms with Gasteiger partial charge in [0.1, 0.15) is 11.9 Å². The second-order valence-corrected chi connectivity index (χ2v) is 6.57. The predicted octanol–water partition coefficient (Wildman–Crippen LogP) is -0.472. The van der Waals surface area contributed by atoms with Crippen LogP contribution in [-0.4, -0.2) is 56.6 Å². The van der Waals surface area contributed by atoms with Crippen LogP contribution in [0.2, 0.25) is 0 Å². The summed E-state index contributed by atoms with van der Waals surface area (Å²) in [5.74, 6) is 2.08. The van der Waals surface area contributed by atoms with E-state index in [1.807, 2.05) is 4.68 Å². The number of imide groups is 1. The Kier molecular flexibility index (Phi) is 3.70. The highest BCUT2D eigenvalue weighted by Crippen LogP contribution is 2.38. The van der Waals surface area contributed by atoms with Gasteiger partial charge in [-0.2, -0.15) is 5.10 Å². The van der Waals surface area contributed by atoms with E-state index < -0.39 is 12.1 Å². The molecule has 24 heavy (non-hydrogen) atoms. The van der Waals surface area contributed by atoms with E-state index in [4.69, 9.17) is 0 Å². The molecule has 1 aliphatic carbocycles. The molecule has 2 fully saturated rings. The summed E-state index contributed by atoms with van der Waals surface area (Å²) in [5.41, 5.74) is 0. The topological polar surface area (TPSA) is 109 Å². The first-order valence-corrected chi connectivity index (χ1v) is 8.43. The highest BCUT2D eigenvalue weighted by atomic mass is 16.2. The van der Waals surface area contributed by atoms with Gasteiger partial charge in [0, 0.05) is 31.8 Å². The zero-order chi connectivity index (χ0) is 16.7. The van der Waals surface area contributed by atoms with E-state index in [2.05, 4.69) is 20.7 Å². The third-order valence-electron chi connectivity index (χ3n) is 4.75. The summed E-state index contributed by atoms with van der Waals surface area (Å²) < 4.78 is 1.92. The summed E-state index contributed by atoms with van der Waals surface area (Å²) >= 11 is 0. The number of carbonyl (C=O) groups excluding carboxylic acids is 3. The maximum Gasteiger partial charge on any atom is 0.322 e. The number of hydrogen-bond donors (Lipinski definition) is 2. The normalized spacial score (nSPS) is 23.5. The Morgan fingerprint density at radius 3 is 2.75 bits per heavy atom. The highest BCUT2D eigenvalue weighted by molar-refractivity contribution is 6.04. The second-order valence-electron chi connectivity index (χ2n) is 6.57. The number of amides is 4. The number of urea groups is 1. The maximum absolute atomic E-state index is 12.4. The molecule has 3 heterocycles. The summed E-state index contributed by atoms with van der Waals surface area (Å²) in [6, 6.07) is -1.10. The van der Waals surface area contributed by atoms with E-state index in [9.17, 15) is 14.4 Å². The Balaban J connectivity index is 1.31. The second kappa shape index (κ2) is 5.88. The molecule has 1 saturated heterocycles. The molecule has 2 aliphatic heterocycles. The molecular formula is C15H20N6O3. The first-order valence-electron chi connectivity index (χ1n) is 8.43. The number of fused-ring (bicyclic) bond motifs is 1. The molecule has 9 nitrogen and oxygen atoms in total. The van der Waals surface area contributed by atoms with Crippen LogP contribution in [0.5, 0.6) is 0 Å². The van der Waals surface area contributed by atoms with Crippen molar-refractivity contribution in [3.05, 3.63) is 11.6 Å². The van der Waals surface area contributed by atoms with Crippen LogP contribution in [0, 0.1) is 0 Å². The van der Waals surface area contributed by atoms with Crippen molar-refractivity contribution >= 4 is 17.8 Å². The summed E-state index contributed by atoms with van der Waals surface area (Å²) in [6.45, 7) is 1.87. The average molecular weight is 332 g/mol. The van der Waals surface area contributed by atoms with Crippen molar-refractivity contribution in [2.24, 2.45) is 0 Å². The SMILES string of the molecule is O=C1NC(=O)[C@H](CCC(=O)N2CCc3nc(C4CC4)nn3CC2)N1. The first kappa shape index (κ1) is 15.1. The summed E-state index contributed by atoms with van der Waals surface area (Å²) in [6.07, 6.45) is 3.62. The molecule has 1 aromatic rings. The molecule has 4 rings (SSSR count). The summed E-state index contributed by atoms with van der Waals surface area (Å²) in [5, 5.41) is 9.25. The Morgan fingerprint density at radius 2 is 2.04 bits per heavy atom. The predicted molar refractivity (Wildman–Crippen MR) is 82.0 cm³/mol. The molecule has 0 unspecified atom stereocenters. The smallest absolute Gasteiger partial charge is 0.322 e. The number of nitrogens with one attached hydrogen (secondary N) is 2. The van der Waals surface area contributed by atoms with Gasteiger partial charge in [0.05, 0.1) is 6.54 Å². The Morgan fingerprint density at radius 1 is 1.21 bits per heavy atom. The zero-order valence-electron chi connectivity index (χ0n) is 13.3. The van der Waals surface area contributed by atoms with Crippen molar-refractivity contribution in [2.75, 3.05) is 13.1 Å². The van der Waals surface area contributed by atoms with Crippen molar-refractivity contribution < 1.29 is 14.4 Å². The third-order valence-corrected chi connectivity index (χ3v) is 4.75. The quantitative estimate of drug-likeness (QED) is 0.725. The zero-order valence-corrected chi connectivity index (χ0v) is 13.3. The Labute approximate surface area is 138 Å². The van der Waals surface area contributed by atoms with Crippen LogP contribution in [0.25, 0.3) is 0 Å². The average Bonchev–Trinajstić information content (AvgIpc) is 3.29. The van der Waals surface area contributed by atoms with Crippen LogP contribution < -0.4 is 10.6 Å².